The first-order valence-corrected chi connectivity index (χ1v) is 11.4. The number of aliphatic hydroxyl groups is 4. The molecule has 204 valence electrons. The van der Waals surface area contributed by atoms with Crippen LogP contribution in [0.15, 0.2) is 51.7 Å². The van der Waals surface area contributed by atoms with E-state index >= 15 is 0 Å². The Bertz CT molecular complexity index is 1350. The molecule has 0 radical (unpaired) electrons. The molecule has 0 bridgehead atoms. The molecule has 6 atom stereocenters. The Balaban J connectivity index is 1.63. The Morgan fingerprint density at radius 2 is 1.76 bits per heavy atom. The number of methoxy groups -OCH3 is 1. The van der Waals surface area contributed by atoms with Crippen LogP contribution < -0.4 is 19.8 Å². The number of phenols is 1. The van der Waals surface area contributed by atoms with Gasteiger partial charge in [0.25, 0.3) is 0 Å². The molecule has 4 rings (SSSR count). The number of benzene rings is 2. The molecule has 6 unspecified atom stereocenters. The molecule has 13 heteroatoms. The van der Waals surface area contributed by atoms with Gasteiger partial charge in [0.1, 0.15) is 41.5 Å². The Hall–Kier alpha value is -3.88. The summed E-state index contributed by atoms with van der Waals surface area (Å²) in [5.74, 6) is -1.80. The fourth-order valence-corrected chi connectivity index (χ4v) is 3.97. The second-order valence-corrected chi connectivity index (χ2v) is 8.55. The number of carboxylic acids is 1. The van der Waals surface area contributed by atoms with Crippen molar-refractivity contribution in [1.29, 1.82) is 0 Å². The largest absolute Gasteiger partial charge is 0.504 e. The molecule has 2 heterocycles. The van der Waals surface area contributed by atoms with Crippen LogP contribution in [0.5, 0.6) is 23.0 Å². The van der Waals surface area contributed by atoms with Crippen molar-refractivity contribution in [1.82, 2.24) is 0 Å². The number of aromatic hydroxyl groups is 1. The van der Waals surface area contributed by atoms with Crippen molar-refractivity contribution in [3.05, 3.63) is 58.4 Å². The number of phenolic OH excluding ortho intramolecular Hbond substituents is 1. The molecule has 13 nitrogen and oxygen atoms in total. The minimum absolute atomic E-state index is 0.0160. The van der Waals surface area contributed by atoms with Gasteiger partial charge in [-0.1, -0.05) is 0 Å². The predicted octanol–water partition coefficient (Wildman–Crippen LogP) is -0.239. The van der Waals surface area contributed by atoms with Crippen molar-refractivity contribution in [2.45, 2.75) is 43.2 Å². The fourth-order valence-electron chi connectivity index (χ4n) is 3.97. The van der Waals surface area contributed by atoms with Crippen LogP contribution in [-0.2, 0) is 16.0 Å². The number of fused-ring (bicyclic) bond motifs is 1. The van der Waals surface area contributed by atoms with Crippen LogP contribution >= 0.6 is 0 Å². The summed E-state index contributed by atoms with van der Waals surface area (Å²) >= 11 is 0. The molecule has 1 aliphatic heterocycles. The quantitative estimate of drug-likeness (QED) is 0.196. The van der Waals surface area contributed by atoms with E-state index in [2.05, 4.69) is 0 Å². The van der Waals surface area contributed by atoms with Gasteiger partial charge in [0.2, 0.25) is 6.29 Å². The van der Waals surface area contributed by atoms with Crippen LogP contribution in [-0.4, -0.2) is 87.1 Å². The minimum Gasteiger partial charge on any atom is -0.504 e. The third-order valence-electron chi connectivity index (χ3n) is 6.01. The van der Waals surface area contributed by atoms with Crippen molar-refractivity contribution in [3.8, 4) is 23.0 Å². The summed E-state index contributed by atoms with van der Waals surface area (Å²) in [5.41, 5.74) is -0.246. The van der Waals surface area contributed by atoms with E-state index in [4.69, 9.17) is 23.4 Å². The molecular weight excluding hydrogens is 508 g/mol. The van der Waals surface area contributed by atoms with E-state index in [1.165, 1.54) is 31.4 Å². The monoisotopic (exact) mass is 534 g/mol. The van der Waals surface area contributed by atoms with E-state index in [1.54, 1.807) is 12.1 Å². The maximum atomic E-state index is 12.1. The lowest BCUT2D eigenvalue weighted by Gasteiger charge is -2.39. The first kappa shape index (κ1) is 27.2. The number of rotatable bonds is 9. The highest BCUT2D eigenvalue weighted by Gasteiger charge is 2.45. The number of hydrogen-bond donors (Lipinski definition) is 6. The predicted molar refractivity (Wildman–Crippen MR) is 127 cm³/mol. The SMILES string of the molecule is COc1cc(CC(Oc2ccc3ccc(=O)oc3c2)C(=O)O)c(OC2OC(CO)C(O)C(O)C2O)cc1O. The van der Waals surface area contributed by atoms with Gasteiger partial charge >= 0.3 is 11.6 Å². The molecule has 0 spiro atoms. The number of aliphatic carboxylic acids is 1. The van der Waals surface area contributed by atoms with Crippen molar-refractivity contribution in [2.75, 3.05) is 13.7 Å². The Morgan fingerprint density at radius 1 is 1.03 bits per heavy atom. The van der Waals surface area contributed by atoms with Gasteiger partial charge < -0.3 is 54.0 Å². The lowest BCUT2D eigenvalue weighted by atomic mass is 9.99. The summed E-state index contributed by atoms with van der Waals surface area (Å²) in [6.07, 6.45) is -9.77. The van der Waals surface area contributed by atoms with Gasteiger partial charge in [-0.2, -0.15) is 0 Å². The van der Waals surface area contributed by atoms with Gasteiger partial charge in [-0.25, -0.2) is 9.59 Å². The summed E-state index contributed by atoms with van der Waals surface area (Å²) in [6, 6.07) is 9.65. The zero-order valence-corrected chi connectivity index (χ0v) is 20.0. The Morgan fingerprint density at radius 3 is 2.45 bits per heavy atom. The summed E-state index contributed by atoms with van der Waals surface area (Å²) < 4.78 is 26.9. The molecule has 1 aromatic heterocycles. The van der Waals surface area contributed by atoms with Crippen LogP contribution in [0.4, 0.5) is 0 Å². The molecule has 0 aliphatic carbocycles. The number of ether oxygens (including phenoxy) is 4. The van der Waals surface area contributed by atoms with Crippen molar-refractivity contribution in [3.63, 3.8) is 0 Å². The highest BCUT2D eigenvalue weighted by Crippen LogP contribution is 2.37. The molecule has 0 amide bonds. The van der Waals surface area contributed by atoms with Crippen molar-refractivity contribution >= 4 is 16.9 Å². The lowest BCUT2D eigenvalue weighted by Crippen LogP contribution is -2.60. The van der Waals surface area contributed by atoms with E-state index in [0.29, 0.717) is 5.39 Å². The molecule has 38 heavy (non-hydrogen) atoms. The maximum Gasteiger partial charge on any atom is 0.345 e. The van der Waals surface area contributed by atoms with Crippen LogP contribution in [0.1, 0.15) is 5.56 Å². The summed E-state index contributed by atoms with van der Waals surface area (Å²) in [6.45, 7) is -0.688. The molecule has 0 saturated carbocycles. The van der Waals surface area contributed by atoms with Gasteiger partial charge in [-0.05, 0) is 24.3 Å². The third kappa shape index (κ3) is 5.66. The second-order valence-electron chi connectivity index (χ2n) is 8.55. The van der Waals surface area contributed by atoms with Gasteiger partial charge in [0.05, 0.1) is 13.7 Å². The zero-order valence-electron chi connectivity index (χ0n) is 20.0. The third-order valence-corrected chi connectivity index (χ3v) is 6.01. The van der Waals surface area contributed by atoms with E-state index in [-0.39, 0.29) is 40.6 Å². The van der Waals surface area contributed by atoms with Crippen LogP contribution in [0, 0.1) is 0 Å². The summed E-state index contributed by atoms with van der Waals surface area (Å²) in [7, 11) is 1.28. The standard InChI is InChI=1S/C25H26O13/c1-34-17-6-12(16(9-14(17)27)37-25-23(31)22(30)21(29)19(10-26)38-25)7-18(24(32)33)35-13-4-2-11-3-5-20(28)36-15(11)8-13/h2-6,8-9,18-19,21-23,25-27,29-31H,7,10H2,1H3,(H,32,33). The average Bonchev–Trinajstić information content (AvgIpc) is 2.89. The van der Waals surface area contributed by atoms with Gasteiger partial charge in [-0.3, -0.25) is 0 Å². The maximum absolute atomic E-state index is 12.1. The van der Waals surface area contributed by atoms with Crippen molar-refractivity contribution in [2.24, 2.45) is 0 Å². The van der Waals surface area contributed by atoms with Gasteiger partial charge in [0.15, 0.2) is 17.6 Å². The normalized spacial score (nSPS) is 24.1. The van der Waals surface area contributed by atoms with E-state index in [9.17, 15) is 40.2 Å². The molecule has 1 aliphatic rings. The molecule has 1 fully saturated rings. The Labute approximate surface area is 214 Å². The van der Waals surface area contributed by atoms with E-state index in [0.717, 1.165) is 6.07 Å². The fraction of sp³-hybridized carbons (Fsp3) is 0.360. The number of aliphatic hydroxyl groups excluding tert-OH is 4. The smallest absolute Gasteiger partial charge is 0.345 e. The van der Waals surface area contributed by atoms with E-state index in [1.807, 2.05) is 0 Å². The molecule has 2 aromatic carbocycles. The molecular formula is C25H26O13. The summed E-state index contributed by atoms with van der Waals surface area (Å²) in [5, 5.41) is 60.5. The van der Waals surface area contributed by atoms with E-state index < -0.39 is 55.0 Å². The lowest BCUT2D eigenvalue weighted by molar-refractivity contribution is -0.277. The second kappa shape index (κ2) is 11.2. The molecule has 3 aromatic rings. The number of carbonyl (C=O) groups is 1. The van der Waals surface area contributed by atoms with Crippen molar-refractivity contribution < 1.29 is 58.8 Å². The van der Waals surface area contributed by atoms with Gasteiger partial charge in [-0.15, -0.1) is 0 Å². The zero-order chi connectivity index (χ0) is 27.6. The average molecular weight is 534 g/mol. The first-order chi connectivity index (χ1) is 18.1. The minimum atomic E-state index is -1.75. The highest BCUT2D eigenvalue weighted by molar-refractivity contribution is 5.78. The Kier molecular flexibility index (Phi) is 8.04. The summed E-state index contributed by atoms with van der Waals surface area (Å²) in [4.78, 5) is 23.6. The number of carboxylic acid groups (broad SMARTS) is 1. The highest BCUT2D eigenvalue weighted by atomic mass is 16.7. The topological polar surface area (TPSA) is 206 Å². The first-order valence-electron chi connectivity index (χ1n) is 11.4. The van der Waals surface area contributed by atoms with Crippen LogP contribution in [0.25, 0.3) is 11.0 Å². The van der Waals surface area contributed by atoms with Crippen LogP contribution in [0.2, 0.25) is 0 Å². The molecule has 1 saturated heterocycles. The number of hydrogen-bond acceptors (Lipinski definition) is 12. The van der Waals surface area contributed by atoms with Crippen LogP contribution in [0.3, 0.4) is 0 Å². The van der Waals surface area contributed by atoms with Gasteiger partial charge in [0, 0.05) is 35.6 Å². The molecule has 6 N–H and O–H groups in total.